The van der Waals surface area contributed by atoms with Crippen LogP contribution in [0.25, 0.3) is 11.5 Å². The van der Waals surface area contributed by atoms with Gasteiger partial charge in [-0.05, 0) is 36.4 Å². The van der Waals surface area contributed by atoms with Gasteiger partial charge in [0.25, 0.3) is 5.91 Å². The van der Waals surface area contributed by atoms with Crippen LogP contribution in [-0.2, 0) is 6.54 Å². The van der Waals surface area contributed by atoms with Crippen molar-refractivity contribution >= 4 is 5.91 Å². The van der Waals surface area contributed by atoms with Gasteiger partial charge in [0.15, 0.2) is 0 Å². The number of carbonyl (C=O) groups is 1. The van der Waals surface area contributed by atoms with E-state index in [0.717, 1.165) is 6.07 Å². The molecular formula is C17H14FN3O4. The maximum absolute atomic E-state index is 12.9. The summed E-state index contributed by atoms with van der Waals surface area (Å²) in [5, 5.41) is 26.8. The van der Waals surface area contributed by atoms with Crippen molar-refractivity contribution in [3.63, 3.8) is 0 Å². The summed E-state index contributed by atoms with van der Waals surface area (Å²) in [4.78, 5) is 13.6. The Bertz CT molecular complexity index is 909. The van der Waals surface area contributed by atoms with Crippen LogP contribution in [0.5, 0.6) is 11.5 Å². The zero-order valence-corrected chi connectivity index (χ0v) is 13.2. The second-order valence-corrected chi connectivity index (χ2v) is 5.37. The van der Waals surface area contributed by atoms with E-state index >= 15 is 0 Å². The highest BCUT2D eigenvalue weighted by Gasteiger charge is 2.19. The molecule has 0 radical (unpaired) electrons. The largest absolute Gasteiger partial charge is 0.508 e. The Morgan fingerprint density at radius 2 is 1.88 bits per heavy atom. The van der Waals surface area contributed by atoms with E-state index in [0.29, 0.717) is 5.56 Å². The number of benzene rings is 2. The Labute approximate surface area is 142 Å². The van der Waals surface area contributed by atoms with Crippen molar-refractivity contribution in [2.24, 2.45) is 0 Å². The monoisotopic (exact) mass is 343 g/mol. The van der Waals surface area contributed by atoms with Crippen LogP contribution in [0.3, 0.4) is 0 Å². The van der Waals surface area contributed by atoms with E-state index in [-0.39, 0.29) is 41.2 Å². The predicted molar refractivity (Wildman–Crippen MR) is 85.3 cm³/mol. The molecule has 0 bridgehead atoms. The molecule has 1 heterocycles. The van der Waals surface area contributed by atoms with Gasteiger partial charge in [-0.25, -0.2) is 4.39 Å². The lowest BCUT2D eigenvalue weighted by Gasteiger charge is -2.15. The SMILES string of the molecule is CN(Cc1nnc(-c2ccc(F)cc2)o1)C(=O)c1ccc(O)cc1O. The second-order valence-electron chi connectivity index (χ2n) is 5.37. The second kappa shape index (κ2) is 6.60. The lowest BCUT2D eigenvalue weighted by Crippen LogP contribution is -2.26. The van der Waals surface area contributed by atoms with E-state index in [1.54, 1.807) is 0 Å². The molecule has 0 saturated carbocycles. The van der Waals surface area contributed by atoms with Crippen LogP contribution in [0.1, 0.15) is 16.2 Å². The third-order valence-corrected chi connectivity index (χ3v) is 3.49. The molecule has 0 atom stereocenters. The number of halogens is 1. The molecule has 0 saturated heterocycles. The van der Waals surface area contributed by atoms with Crippen molar-refractivity contribution in [1.29, 1.82) is 0 Å². The number of aromatic hydroxyl groups is 2. The number of amides is 1. The van der Waals surface area contributed by atoms with Crippen molar-refractivity contribution < 1.29 is 23.8 Å². The number of phenolic OH excluding ortho intramolecular Hbond substituents is 2. The maximum atomic E-state index is 12.9. The molecule has 1 amide bonds. The number of hydrogen-bond donors (Lipinski definition) is 2. The molecular weight excluding hydrogens is 329 g/mol. The maximum Gasteiger partial charge on any atom is 0.257 e. The first kappa shape index (κ1) is 16.4. The van der Waals surface area contributed by atoms with Crippen LogP contribution in [0.2, 0.25) is 0 Å². The normalized spacial score (nSPS) is 10.6. The molecule has 128 valence electrons. The number of aromatic nitrogens is 2. The van der Waals surface area contributed by atoms with Gasteiger partial charge in [0.05, 0.1) is 12.1 Å². The Morgan fingerprint density at radius 3 is 2.56 bits per heavy atom. The van der Waals surface area contributed by atoms with Crippen LogP contribution >= 0.6 is 0 Å². The summed E-state index contributed by atoms with van der Waals surface area (Å²) < 4.78 is 18.4. The summed E-state index contributed by atoms with van der Waals surface area (Å²) in [5.74, 6) is -0.912. The number of hydrogen-bond acceptors (Lipinski definition) is 6. The minimum absolute atomic E-state index is 0.0212. The molecule has 0 aliphatic heterocycles. The van der Waals surface area contributed by atoms with Crippen molar-refractivity contribution in [2.75, 3.05) is 7.05 Å². The first-order valence-corrected chi connectivity index (χ1v) is 7.30. The van der Waals surface area contributed by atoms with Crippen LogP contribution in [-0.4, -0.2) is 38.3 Å². The molecule has 2 N–H and O–H groups in total. The summed E-state index contributed by atoms with van der Waals surface area (Å²) in [7, 11) is 1.51. The van der Waals surface area contributed by atoms with Gasteiger partial charge >= 0.3 is 0 Å². The van der Waals surface area contributed by atoms with Gasteiger partial charge in [0, 0.05) is 18.7 Å². The lowest BCUT2D eigenvalue weighted by molar-refractivity contribution is 0.0770. The standard InChI is InChI=1S/C17H14FN3O4/c1-21(17(24)13-7-6-12(22)8-14(13)23)9-15-19-20-16(25-15)10-2-4-11(18)5-3-10/h2-8,22-23H,9H2,1H3. The van der Waals surface area contributed by atoms with E-state index in [4.69, 9.17) is 4.42 Å². The van der Waals surface area contributed by atoms with Crippen molar-refractivity contribution in [2.45, 2.75) is 6.54 Å². The van der Waals surface area contributed by atoms with Crippen LogP contribution in [0, 0.1) is 5.82 Å². The summed E-state index contributed by atoms with van der Waals surface area (Å²) in [5.41, 5.74) is 0.601. The van der Waals surface area contributed by atoms with E-state index in [2.05, 4.69) is 10.2 Å². The van der Waals surface area contributed by atoms with Crippen LogP contribution in [0.15, 0.2) is 46.9 Å². The van der Waals surface area contributed by atoms with E-state index in [1.165, 1.54) is 48.3 Å². The molecule has 0 fully saturated rings. The summed E-state index contributed by atoms with van der Waals surface area (Å²) in [6.45, 7) is 0.0212. The molecule has 7 nitrogen and oxygen atoms in total. The summed E-state index contributed by atoms with van der Waals surface area (Å²) in [6, 6.07) is 9.29. The molecule has 8 heteroatoms. The van der Waals surface area contributed by atoms with Gasteiger partial charge in [0.1, 0.15) is 17.3 Å². The van der Waals surface area contributed by atoms with Crippen molar-refractivity contribution in [3.05, 3.63) is 59.7 Å². The topological polar surface area (TPSA) is 99.7 Å². The first-order valence-electron chi connectivity index (χ1n) is 7.30. The average molecular weight is 343 g/mol. The van der Waals surface area contributed by atoms with Crippen molar-refractivity contribution in [1.82, 2.24) is 15.1 Å². The van der Waals surface area contributed by atoms with Gasteiger partial charge in [-0.15, -0.1) is 10.2 Å². The zero-order chi connectivity index (χ0) is 18.0. The van der Waals surface area contributed by atoms with E-state index < -0.39 is 5.91 Å². The Morgan fingerprint density at radius 1 is 1.16 bits per heavy atom. The van der Waals surface area contributed by atoms with Crippen molar-refractivity contribution in [3.8, 4) is 23.0 Å². The van der Waals surface area contributed by atoms with Gasteiger partial charge < -0.3 is 19.5 Å². The highest BCUT2D eigenvalue weighted by atomic mass is 19.1. The molecule has 0 aliphatic rings. The third-order valence-electron chi connectivity index (χ3n) is 3.49. The van der Waals surface area contributed by atoms with E-state index in [9.17, 15) is 19.4 Å². The number of rotatable bonds is 4. The van der Waals surface area contributed by atoms with E-state index in [1.807, 2.05) is 0 Å². The summed E-state index contributed by atoms with van der Waals surface area (Å²) >= 11 is 0. The molecule has 3 rings (SSSR count). The average Bonchev–Trinajstić information content (AvgIpc) is 3.03. The number of phenols is 2. The fourth-order valence-corrected chi connectivity index (χ4v) is 2.21. The van der Waals surface area contributed by atoms with Crippen LogP contribution in [0.4, 0.5) is 4.39 Å². The minimum Gasteiger partial charge on any atom is -0.508 e. The molecule has 0 aliphatic carbocycles. The Balaban J connectivity index is 1.74. The van der Waals surface area contributed by atoms with Gasteiger partial charge in [-0.1, -0.05) is 0 Å². The number of carbonyl (C=O) groups excluding carboxylic acids is 1. The van der Waals surface area contributed by atoms with Crippen LogP contribution < -0.4 is 0 Å². The van der Waals surface area contributed by atoms with Gasteiger partial charge in [0.2, 0.25) is 11.8 Å². The molecule has 0 spiro atoms. The zero-order valence-electron chi connectivity index (χ0n) is 13.2. The summed E-state index contributed by atoms with van der Waals surface area (Å²) in [6.07, 6.45) is 0. The van der Waals surface area contributed by atoms with Gasteiger partial charge in [-0.3, -0.25) is 4.79 Å². The highest BCUT2D eigenvalue weighted by molar-refractivity contribution is 5.96. The predicted octanol–water partition coefficient (Wildman–Crippen LogP) is 2.56. The minimum atomic E-state index is -0.473. The lowest BCUT2D eigenvalue weighted by atomic mass is 10.1. The quantitative estimate of drug-likeness (QED) is 0.755. The Kier molecular flexibility index (Phi) is 4.34. The molecule has 0 unspecified atom stereocenters. The fourth-order valence-electron chi connectivity index (χ4n) is 2.21. The first-order chi connectivity index (χ1) is 11.9. The fraction of sp³-hybridized carbons (Fsp3) is 0.118. The highest BCUT2D eigenvalue weighted by Crippen LogP contribution is 2.24. The number of nitrogens with zero attached hydrogens (tertiary/aromatic N) is 3. The molecule has 25 heavy (non-hydrogen) atoms. The molecule has 2 aromatic carbocycles. The Hall–Kier alpha value is -3.42. The van der Waals surface area contributed by atoms with Gasteiger partial charge in [-0.2, -0.15) is 0 Å². The molecule has 3 aromatic rings. The third kappa shape index (κ3) is 3.57. The molecule has 1 aromatic heterocycles. The smallest absolute Gasteiger partial charge is 0.257 e.